The second-order valence-corrected chi connectivity index (χ2v) is 6.07. The van der Waals surface area contributed by atoms with Crippen molar-refractivity contribution in [2.45, 2.75) is 12.5 Å². The summed E-state index contributed by atoms with van der Waals surface area (Å²) in [6, 6.07) is 5.90. The minimum absolute atomic E-state index is 0.0324. The van der Waals surface area contributed by atoms with E-state index in [4.69, 9.17) is 24.5 Å². The van der Waals surface area contributed by atoms with Crippen LogP contribution in [-0.4, -0.2) is 84.4 Å². The van der Waals surface area contributed by atoms with Gasteiger partial charge in [0.05, 0.1) is 6.54 Å². The Hall–Kier alpha value is -2.88. The largest absolute Gasteiger partial charge is 0.489 e. The Labute approximate surface area is 156 Å². The zero-order valence-corrected chi connectivity index (χ0v) is 15.2. The standard InChI is InChI=1S/C15H22FN3O2.C2H2O4/c1-18(2)10-8-17-15(20)19-9-7-14(11-19)21-13-5-3-12(16)4-6-13;3-1(4)2(5)6/h3-6,14H,7-11H2,1-2H3,(H,17,20);(H,3,4)(H,5,6). The highest BCUT2D eigenvalue weighted by Gasteiger charge is 2.27. The van der Waals surface area contributed by atoms with E-state index in [0.29, 0.717) is 25.4 Å². The summed E-state index contributed by atoms with van der Waals surface area (Å²) in [6.45, 7) is 2.69. The molecule has 27 heavy (non-hydrogen) atoms. The van der Waals surface area contributed by atoms with E-state index < -0.39 is 11.9 Å². The zero-order chi connectivity index (χ0) is 20.4. The monoisotopic (exact) mass is 385 g/mol. The van der Waals surface area contributed by atoms with Crippen LogP contribution < -0.4 is 10.1 Å². The van der Waals surface area contributed by atoms with Crippen LogP contribution in [-0.2, 0) is 9.59 Å². The van der Waals surface area contributed by atoms with Gasteiger partial charge in [-0.2, -0.15) is 0 Å². The van der Waals surface area contributed by atoms with Crippen molar-refractivity contribution in [3.8, 4) is 5.75 Å². The molecule has 1 saturated heterocycles. The van der Waals surface area contributed by atoms with Crippen LogP contribution in [0.1, 0.15) is 6.42 Å². The van der Waals surface area contributed by atoms with Gasteiger partial charge in [0.15, 0.2) is 0 Å². The van der Waals surface area contributed by atoms with Crippen LogP contribution in [0.25, 0.3) is 0 Å². The summed E-state index contributed by atoms with van der Waals surface area (Å²) < 4.78 is 18.6. The van der Waals surface area contributed by atoms with Gasteiger partial charge in [0, 0.05) is 26.1 Å². The lowest BCUT2D eigenvalue weighted by atomic mass is 10.3. The number of hydrogen-bond donors (Lipinski definition) is 3. The number of likely N-dealkylation sites (N-methyl/N-ethyl adjacent to an activating group) is 1. The summed E-state index contributed by atoms with van der Waals surface area (Å²) >= 11 is 0. The number of carbonyl (C=O) groups excluding carboxylic acids is 1. The molecule has 9 nitrogen and oxygen atoms in total. The predicted octanol–water partition coefficient (Wildman–Crippen LogP) is 0.706. The van der Waals surface area contributed by atoms with E-state index in [9.17, 15) is 9.18 Å². The van der Waals surface area contributed by atoms with Gasteiger partial charge in [0.25, 0.3) is 0 Å². The SMILES string of the molecule is CN(C)CCNC(=O)N1CCC(Oc2ccc(F)cc2)C1.O=C(O)C(=O)O. The summed E-state index contributed by atoms with van der Waals surface area (Å²) in [4.78, 5) is 33.9. The van der Waals surface area contributed by atoms with Crippen LogP contribution in [0.15, 0.2) is 24.3 Å². The minimum atomic E-state index is -1.82. The van der Waals surface area contributed by atoms with Crippen molar-refractivity contribution in [1.29, 1.82) is 0 Å². The second-order valence-electron chi connectivity index (χ2n) is 6.07. The van der Waals surface area contributed by atoms with Gasteiger partial charge < -0.3 is 30.1 Å². The normalized spacial score (nSPS) is 15.7. The van der Waals surface area contributed by atoms with Crippen molar-refractivity contribution in [2.75, 3.05) is 40.3 Å². The van der Waals surface area contributed by atoms with E-state index in [1.165, 1.54) is 12.1 Å². The van der Waals surface area contributed by atoms with Gasteiger partial charge in [-0.25, -0.2) is 18.8 Å². The van der Waals surface area contributed by atoms with Crippen molar-refractivity contribution in [3.63, 3.8) is 0 Å². The van der Waals surface area contributed by atoms with Crippen molar-refractivity contribution in [3.05, 3.63) is 30.1 Å². The van der Waals surface area contributed by atoms with Crippen molar-refractivity contribution < 1.29 is 33.7 Å². The predicted molar refractivity (Wildman–Crippen MR) is 94.2 cm³/mol. The molecule has 1 aromatic carbocycles. The molecule has 3 N–H and O–H groups in total. The van der Waals surface area contributed by atoms with Crippen LogP contribution in [0.2, 0.25) is 0 Å². The highest BCUT2D eigenvalue weighted by molar-refractivity contribution is 6.27. The molecule has 1 aliphatic rings. The number of nitrogens with one attached hydrogen (secondary N) is 1. The molecule has 1 atom stereocenters. The lowest BCUT2D eigenvalue weighted by molar-refractivity contribution is -0.159. The maximum atomic E-state index is 12.8. The molecule has 0 spiro atoms. The Kier molecular flexibility index (Phi) is 9.00. The number of nitrogens with zero attached hydrogens (tertiary/aromatic N) is 2. The molecular formula is C17H24FN3O6. The van der Waals surface area contributed by atoms with E-state index in [1.54, 1.807) is 17.0 Å². The maximum absolute atomic E-state index is 12.8. The molecule has 10 heteroatoms. The fourth-order valence-corrected chi connectivity index (χ4v) is 2.21. The molecule has 1 aliphatic heterocycles. The summed E-state index contributed by atoms with van der Waals surface area (Å²) in [5, 5.41) is 17.7. The maximum Gasteiger partial charge on any atom is 0.414 e. The molecule has 1 aromatic rings. The number of urea groups is 1. The van der Waals surface area contributed by atoms with Gasteiger partial charge in [0.1, 0.15) is 17.7 Å². The van der Waals surface area contributed by atoms with Gasteiger partial charge in [-0.1, -0.05) is 0 Å². The number of carbonyl (C=O) groups is 3. The Bertz CT molecular complexity index is 626. The van der Waals surface area contributed by atoms with Gasteiger partial charge in [-0.15, -0.1) is 0 Å². The van der Waals surface area contributed by atoms with Crippen LogP contribution in [0, 0.1) is 5.82 Å². The third-order valence-corrected chi connectivity index (χ3v) is 3.57. The van der Waals surface area contributed by atoms with Gasteiger partial charge in [-0.3, -0.25) is 0 Å². The topological polar surface area (TPSA) is 119 Å². The first-order chi connectivity index (χ1) is 12.7. The fourth-order valence-electron chi connectivity index (χ4n) is 2.21. The summed E-state index contributed by atoms with van der Waals surface area (Å²) in [5.74, 6) is -3.29. The smallest absolute Gasteiger partial charge is 0.414 e. The van der Waals surface area contributed by atoms with Crippen LogP contribution in [0.4, 0.5) is 9.18 Å². The average molecular weight is 385 g/mol. The van der Waals surface area contributed by atoms with E-state index in [2.05, 4.69) is 5.32 Å². The molecule has 2 amide bonds. The first-order valence-electron chi connectivity index (χ1n) is 8.25. The van der Waals surface area contributed by atoms with E-state index >= 15 is 0 Å². The van der Waals surface area contributed by atoms with Crippen molar-refractivity contribution in [1.82, 2.24) is 15.1 Å². The van der Waals surface area contributed by atoms with Crippen LogP contribution in [0.3, 0.4) is 0 Å². The quantitative estimate of drug-likeness (QED) is 0.639. The summed E-state index contributed by atoms with van der Waals surface area (Å²) in [7, 11) is 3.93. The molecule has 0 aliphatic carbocycles. The van der Waals surface area contributed by atoms with E-state index in [0.717, 1.165) is 13.0 Å². The number of aliphatic carboxylic acids is 2. The lowest BCUT2D eigenvalue weighted by Crippen LogP contribution is -2.41. The van der Waals surface area contributed by atoms with Crippen molar-refractivity contribution >= 4 is 18.0 Å². The van der Waals surface area contributed by atoms with Crippen LogP contribution in [0.5, 0.6) is 5.75 Å². The summed E-state index contributed by atoms with van der Waals surface area (Å²) in [6.07, 6.45) is 0.758. The third-order valence-electron chi connectivity index (χ3n) is 3.57. The molecule has 150 valence electrons. The number of hydrogen-bond acceptors (Lipinski definition) is 5. The average Bonchev–Trinajstić information content (AvgIpc) is 3.05. The highest BCUT2D eigenvalue weighted by atomic mass is 19.1. The second kappa shape index (κ2) is 11.0. The Morgan fingerprint density at radius 3 is 2.33 bits per heavy atom. The molecule has 0 aromatic heterocycles. The Balaban J connectivity index is 0.000000527. The number of halogens is 1. The van der Waals surface area contributed by atoms with E-state index in [-0.39, 0.29) is 18.0 Å². The van der Waals surface area contributed by atoms with Gasteiger partial charge in [0.2, 0.25) is 0 Å². The first-order valence-corrected chi connectivity index (χ1v) is 8.25. The zero-order valence-electron chi connectivity index (χ0n) is 15.2. The molecule has 2 rings (SSSR count). The number of carboxylic acid groups (broad SMARTS) is 2. The minimum Gasteiger partial charge on any atom is -0.489 e. The highest BCUT2D eigenvalue weighted by Crippen LogP contribution is 2.18. The fraction of sp³-hybridized carbons (Fsp3) is 0.471. The lowest BCUT2D eigenvalue weighted by Gasteiger charge is -2.18. The third kappa shape index (κ3) is 8.86. The Morgan fingerprint density at radius 1 is 1.22 bits per heavy atom. The Morgan fingerprint density at radius 2 is 1.81 bits per heavy atom. The molecular weight excluding hydrogens is 361 g/mol. The first kappa shape index (κ1) is 22.2. The molecule has 0 saturated carbocycles. The number of ether oxygens (including phenoxy) is 1. The number of likely N-dealkylation sites (tertiary alicyclic amines) is 1. The number of amides is 2. The molecule has 1 heterocycles. The number of carboxylic acids is 2. The number of rotatable bonds is 5. The molecule has 1 fully saturated rings. The molecule has 1 unspecified atom stereocenters. The van der Waals surface area contributed by atoms with Crippen molar-refractivity contribution in [2.24, 2.45) is 0 Å². The van der Waals surface area contributed by atoms with Gasteiger partial charge in [-0.05, 0) is 38.4 Å². The number of benzene rings is 1. The van der Waals surface area contributed by atoms with Gasteiger partial charge >= 0.3 is 18.0 Å². The molecule has 0 radical (unpaired) electrons. The van der Waals surface area contributed by atoms with E-state index in [1.807, 2.05) is 19.0 Å². The summed E-state index contributed by atoms with van der Waals surface area (Å²) in [5.41, 5.74) is 0. The van der Waals surface area contributed by atoms with Crippen LogP contribution >= 0.6 is 0 Å². The molecule has 0 bridgehead atoms.